The number of halogens is 1. The fourth-order valence-corrected chi connectivity index (χ4v) is 1.56. The van der Waals surface area contributed by atoms with Crippen LogP contribution in [-0.4, -0.2) is 11.5 Å². The molecule has 0 saturated carbocycles. The molecule has 1 aromatic carbocycles. The Balaban J connectivity index is 2.25. The number of nitrogens with two attached hydrogens (primary N) is 1. The van der Waals surface area contributed by atoms with Crippen LogP contribution in [0.2, 0.25) is 0 Å². The number of rotatable bonds is 3. The van der Waals surface area contributed by atoms with E-state index in [9.17, 15) is 0 Å². The Bertz CT molecular complexity index is 436. The van der Waals surface area contributed by atoms with E-state index in [-0.39, 0.29) is 0 Å². The van der Waals surface area contributed by atoms with Gasteiger partial charge in [-0.05, 0) is 30.8 Å². The highest BCUT2D eigenvalue weighted by Crippen LogP contribution is 2.21. The molecule has 0 fully saturated rings. The van der Waals surface area contributed by atoms with E-state index in [1.807, 2.05) is 24.3 Å². The Morgan fingerprint density at radius 1 is 1.27 bits per heavy atom. The number of hydrogen-bond donors (Lipinski definition) is 1. The molecule has 3 nitrogen and oxygen atoms in total. The molecule has 0 aliphatic rings. The predicted octanol–water partition coefficient (Wildman–Crippen LogP) is 2.61. The second kappa shape index (κ2) is 4.59. The molecule has 78 valence electrons. The van der Waals surface area contributed by atoms with Gasteiger partial charge in [-0.3, -0.25) is 0 Å². The number of oxazole rings is 1. The first-order valence-electron chi connectivity index (χ1n) is 4.70. The molecule has 0 atom stereocenters. The zero-order valence-corrected chi connectivity index (χ0v) is 9.70. The van der Waals surface area contributed by atoms with E-state index in [0.29, 0.717) is 12.4 Å². The molecule has 0 bridgehead atoms. The van der Waals surface area contributed by atoms with E-state index in [4.69, 9.17) is 10.2 Å². The van der Waals surface area contributed by atoms with Gasteiger partial charge in [-0.15, -0.1) is 0 Å². The molecule has 0 saturated heterocycles. The van der Waals surface area contributed by atoms with E-state index >= 15 is 0 Å². The van der Waals surface area contributed by atoms with Gasteiger partial charge in [0.25, 0.3) is 0 Å². The van der Waals surface area contributed by atoms with Crippen molar-refractivity contribution < 1.29 is 4.42 Å². The number of nitrogens with zero attached hydrogens (tertiary/aromatic N) is 1. The van der Waals surface area contributed by atoms with Gasteiger partial charge in [-0.1, -0.05) is 15.9 Å². The lowest BCUT2D eigenvalue weighted by atomic mass is 10.2. The smallest absolute Gasteiger partial charge is 0.226 e. The third-order valence-electron chi connectivity index (χ3n) is 2.04. The highest BCUT2D eigenvalue weighted by molar-refractivity contribution is 9.10. The van der Waals surface area contributed by atoms with Crippen LogP contribution in [0.5, 0.6) is 0 Å². The molecular formula is C11H11BrN2O. The Morgan fingerprint density at radius 3 is 2.67 bits per heavy atom. The molecule has 15 heavy (non-hydrogen) atoms. The van der Waals surface area contributed by atoms with Crippen LogP contribution in [0.1, 0.15) is 5.76 Å². The van der Waals surface area contributed by atoms with Crippen molar-refractivity contribution in [1.29, 1.82) is 0 Å². The van der Waals surface area contributed by atoms with Gasteiger partial charge >= 0.3 is 0 Å². The molecule has 2 aromatic rings. The normalized spacial score (nSPS) is 10.5. The summed E-state index contributed by atoms with van der Waals surface area (Å²) in [6.07, 6.45) is 2.45. The van der Waals surface area contributed by atoms with Gasteiger partial charge in [0.2, 0.25) is 5.89 Å². The molecule has 0 aliphatic carbocycles. The average Bonchev–Trinajstić information content (AvgIpc) is 2.68. The van der Waals surface area contributed by atoms with Crippen molar-refractivity contribution in [2.75, 3.05) is 6.54 Å². The highest BCUT2D eigenvalue weighted by Gasteiger charge is 2.05. The van der Waals surface area contributed by atoms with Gasteiger partial charge in [0.15, 0.2) is 0 Å². The summed E-state index contributed by atoms with van der Waals surface area (Å²) in [5.74, 6) is 1.47. The van der Waals surface area contributed by atoms with Crippen molar-refractivity contribution in [2.45, 2.75) is 6.42 Å². The van der Waals surface area contributed by atoms with Gasteiger partial charge in [-0.2, -0.15) is 0 Å². The van der Waals surface area contributed by atoms with Gasteiger partial charge in [-0.25, -0.2) is 4.98 Å². The van der Waals surface area contributed by atoms with Crippen LogP contribution in [0.25, 0.3) is 11.5 Å². The van der Waals surface area contributed by atoms with E-state index in [1.54, 1.807) is 6.20 Å². The Morgan fingerprint density at radius 2 is 2.00 bits per heavy atom. The van der Waals surface area contributed by atoms with Crippen LogP contribution >= 0.6 is 15.9 Å². The summed E-state index contributed by atoms with van der Waals surface area (Å²) < 4.78 is 6.59. The third-order valence-corrected chi connectivity index (χ3v) is 2.56. The molecule has 0 unspecified atom stereocenters. The fourth-order valence-electron chi connectivity index (χ4n) is 1.29. The maximum absolute atomic E-state index is 5.54. The van der Waals surface area contributed by atoms with Crippen LogP contribution < -0.4 is 5.73 Å². The summed E-state index contributed by atoms with van der Waals surface area (Å²) in [4.78, 5) is 4.20. The first-order chi connectivity index (χ1) is 7.29. The highest BCUT2D eigenvalue weighted by atomic mass is 79.9. The molecular weight excluding hydrogens is 256 g/mol. The number of benzene rings is 1. The zero-order chi connectivity index (χ0) is 10.7. The van der Waals surface area contributed by atoms with Crippen molar-refractivity contribution >= 4 is 15.9 Å². The third kappa shape index (κ3) is 2.46. The Labute approximate surface area is 96.4 Å². The summed E-state index contributed by atoms with van der Waals surface area (Å²) in [6.45, 7) is 0.578. The summed E-state index contributed by atoms with van der Waals surface area (Å²) in [5.41, 5.74) is 6.41. The topological polar surface area (TPSA) is 52.0 Å². The van der Waals surface area contributed by atoms with Crippen LogP contribution in [-0.2, 0) is 6.42 Å². The zero-order valence-electron chi connectivity index (χ0n) is 8.11. The minimum Gasteiger partial charge on any atom is -0.441 e. The molecule has 4 heteroatoms. The largest absolute Gasteiger partial charge is 0.441 e. The average molecular weight is 267 g/mol. The first-order valence-corrected chi connectivity index (χ1v) is 5.49. The second-order valence-electron chi connectivity index (χ2n) is 3.18. The monoisotopic (exact) mass is 266 g/mol. The molecule has 0 spiro atoms. The van der Waals surface area contributed by atoms with E-state index in [0.717, 1.165) is 22.2 Å². The maximum atomic E-state index is 5.54. The van der Waals surface area contributed by atoms with Crippen molar-refractivity contribution in [3.63, 3.8) is 0 Å². The SMILES string of the molecule is NCCc1cnc(-c2ccc(Br)cc2)o1. The Kier molecular flexibility index (Phi) is 3.18. The van der Waals surface area contributed by atoms with Crippen LogP contribution in [0, 0.1) is 0 Å². The molecule has 2 rings (SSSR count). The summed E-state index contributed by atoms with van der Waals surface area (Å²) in [6, 6.07) is 7.84. The van der Waals surface area contributed by atoms with Crippen molar-refractivity contribution in [3.8, 4) is 11.5 Å². The number of aromatic nitrogens is 1. The quantitative estimate of drug-likeness (QED) is 0.929. The predicted molar refractivity (Wildman–Crippen MR) is 62.4 cm³/mol. The standard InChI is InChI=1S/C11H11BrN2O/c12-9-3-1-8(2-4-9)11-14-7-10(15-11)5-6-13/h1-4,7H,5-6,13H2. The van der Waals surface area contributed by atoms with Crippen molar-refractivity contribution in [1.82, 2.24) is 4.98 Å². The molecule has 1 aromatic heterocycles. The molecule has 0 radical (unpaired) electrons. The molecule has 1 heterocycles. The van der Waals surface area contributed by atoms with Crippen molar-refractivity contribution in [3.05, 3.63) is 40.7 Å². The van der Waals surface area contributed by atoms with Gasteiger partial charge < -0.3 is 10.2 Å². The van der Waals surface area contributed by atoms with Gasteiger partial charge in [0, 0.05) is 16.5 Å². The summed E-state index contributed by atoms with van der Waals surface area (Å²) in [7, 11) is 0. The van der Waals surface area contributed by atoms with Gasteiger partial charge in [0.05, 0.1) is 6.20 Å². The lowest BCUT2D eigenvalue weighted by molar-refractivity contribution is 0.519. The van der Waals surface area contributed by atoms with Gasteiger partial charge in [0.1, 0.15) is 5.76 Å². The summed E-state index contributed by atoms with van der Waals surface area (Å²) >= 11 is 3.38. The second-order valence-corrected chi connectivity index (χ2v) is 4.09. The van der Waals surface area contributed by atoms with E-state index in [1.165, 1.54) is 0 Å². The van der Waals surface area contributed by atoms with Crippen molar-refractivity contribution in [2.24, 2.45) is 5.73 Å². The lowest BCUT2D eigenvalue weighted by Crippen LogP contribution is -2.01. The molecule has 2 N–H and O–H groups in total. The number of hydrogen-bond acceptors (Lipinski definition) is 3. The molecule has 0 amide bonds. The minimum absolute atomic E-state index is 0.578. The Hall–Kier alpha value is -1.13. The van der Waals surface area contributed by atoms with E-state index < -0.39 is 0 Å². The minimum atomic E-state index is 0.578. The van der Waals surface area contributed by atoms with Crippen LogP contribution in [0.15, 0.2) is 39.4 Å². The van der Waals surface area contributed by atoms with Crippen LogP contribution in [0.3, 0.4) is 0 Å². The van der Waals surface area contributed by atoms with Crippen LogP contribution in [0.4, 0.5) is 0 Å². The molecule has 0 aliphatic heterocycles. The summed E-state index contributed by atoms with van der Waals surface area (Å²) in [5, 5.41) is 0. The lowest BCUT2D eigenvalue weighted by Gasteiger charge is -1.95. The fraction of sp³-hybridized carbons (Fsp3) is 0.182. The van der Waals surface area contributed by atoms with E-state index in [2.05, 4.69) is 20.9 Å². The maximum Gasteiger partial charge on any atom is 0.226 e. The first kappa shape index (κ1) is 10.4.